The number of fused-ring (bicyclic) bond motifs is 1. The van der Waals surface area contributed by atoms with Crippen LogP contribution in [0.3, 0.4) is 0 Å². The molecule has 3 atom stereocenters. The molecule has 0 N–H and O–H groups in total. The van der Waals surface area contributed by atoms with Crippen molar-refractivity contribution in [3.8, 4) is 0 Å². The lowest BCUT2D eigenvalue weighted by molar-refractivity contribution is -0.176. The van der Waals surface area contributed by atoms with Crippen molar-refractivity contribution in [3.63, 3.8) is 0 Å². The summed E-state index contributed by atoms with van der Waals surface area (Å²) in [6, 6.07) is 5.73. The normalized spacial score (nSPS) is 24.7. The first-order valence-corrected chi connectivity index (χ1v) is 9.44. The van der Waals surface area contributed by atoms with Gasteiger partial charge in [0.2, 0.25) is 0 Å². The molecule has 2 aliphatic rings. The predicted octanol–water partition coefficient (Wildman–Crippen LogP) is 3.71. The van der Waals surface area contributed by atoms with Crippen LogP contribution in [0.1, 0.15) is 48.0 Å². The maximum absolute atomic E-state index is 13.1. The van der Waals surface area contributed by atoms with Crippen LogP contribution in [0, 0.1) is 5.92 Å². The van der Waals surface area contributed by atoms with Crippen molar-refractivity contribution in [2.75, 3.05) is 13.7 Å². The average Bonchev–Trinajstić information content (AvgIpc) is 3.06. The highest BCUT2D eigenvalue weighted by molar-refractivity contribution is 5.97. The molecule has 1 saturated carbocycles. The average molecular weight is 399 g/mol. The molecule has 0 aromatic heterocycles. The van der Waals surface area contributed by atoms with E-state index in [-0.39, 0.29) is 18.6 Å². The van der Waals surface area contributed by atoms with E-state index in [2.05, 4.69) is 4.74 Å². The Morgan fingerprint density at radius 2 is 1.82 bits per heavy atom. The Hall–Kier alpha value is -2.09. The summed E-state index contributed by atoms with van der Waals surface area (Å²) >= 11 is 0. The van der Waals surface area contributed by atoms with Crippen LogP contribution >= 0.6 is 0 Å². The second-order valence-corrected chi connectivity index (χ2v) is 7.40. The Morgan fingerprint density at radius 3 is 2.46 bits per heavy atom. The van der Waals surface area contributed by atoms with Crippen LogP contribution in [0.4, 0.5) is 13.2 Å². The van der Waals surface area contributed by atoms with Gasteiger partial charge in [-0.2, -0.15) is 13.2 Å². The van der Waals surface area contributed by atoms with E-state index in [0.717, 1.165) is 25.7 Å². The first kappa shape index (κ1) is 20.6. The topological polar surface area (TPSA) is 55.8 Å². The van der Waals surface area contributed by atoms with Gasteiger partial charge in [0.25, 0.3) is 5.91 Å². The molecular weight excluding hydrogens is 375 g/mol. The number of halogens is 3. The van der Waals surface area contributed by atoms with Crippen LogP contribution in [0.2, 0.25) is 0 Å². The van der Waals surface area contributed by atoms with E-state index < -0.39 is 24.8 Å². The molecule has 3 rings (SSSR count). The lowest BCUT2D eigenvalue weighted by atomic mass is 9.84. The summed E-state index contributed by atoms with van der Waals surface area (Å²) in [5.41, 5.74) is 0.946. The van der Waals surface area contributed by atoms with Crippen LogP contribution < -0.4 is 0 Å². The van der Waals surface area contributed by atoms with E-state index in [1.54, 1.807) is 29.2 Å². The molecule has 0 radical (unpaired) electrons. The van der Waals surface area contributed by atoms with E-state index in [9.17, 15) is 22.8 Å². The summed E-state index contributed by atoms with van der Waals surface area (Å²) in [6.07, 6.45) is 0.236. The zero-order chi connectivity index (χ0) is 20.3. The monoisotopic (exact) mass is 399 g/mol. The smallest absolute Gasteiger partial charge is 0.411 e. The molecule has 1 aliphatic heterocycles. The predicted molar refractivity (Wildman–Crippen MR) is 94.5 cm³/mol. The van der Waals surface area contributed by atoms with Crippen LogP contribution in [0.5, 0.6) is 0 Å². The molecule has 5 nitrogen and oxygen atoms in total. The Kier molecular flexibility index (Phi) is 6.27. The number of ether oxygens (including phenoxy) is 2. The number of esters is 1. The van der Waals surface area contributed by atoms with Gasteiger partial charge in [-0.25, -0.2) is 4.79 Å². The van der Waals surface area contributed by atoms with Crippen LogP contribution in [-0.4, -0.2) is 48.8 Å². The molecule has 2 fully saturated rings. The van der Waals surface area contributed by atoms with Crippen molar-refractivity contribution < 1.29 is 32.2 Å². The molecule has 3 unspecified atom stereocenters. The van der Waals surface area contributed by atoms with E-state index in [4.69, 9.17) is 4.74 Å². The van der Waals surface area contributed by atoms with Gasteiger partial charge in [-0.15, -0.1) is 0 Å². The number of amides is 1. The summed E-state index contributed by atoms with van der Waals surface area (Å²) in [4.78, 5) is 27.0. The SMILES string of the molecule is COC(=O)C1CC2CCCCC2N1C(=O)c1ccc(COCC(F)(F)F)cc1. The number of carbonyl (C=O) groups is 2. The Morgan fingerprint density at radius 1 is 1.14 bits per heavy atom. The molecule has 154 valence electrons. The molecule has 0 bridgehead atoms. The first-order chi connectivity index (χ1) is 13.3. The largest absolute Gasteiger partial charge is 0.467 e. The van der Waals surface area contributed by atoms with Crippen LogP contribution in [0.15, 0.2) is 24.3 Å². The van der Waals surface area contributed by atoms with Crippen molar-refractivity contribution in [2.24, 2.45) is 5.92 Å². The highest BCUT2D eigenvalue weighted by Gasteiger charge is 2.48. The van der Waals surface area contributed by atoms with Crippen molar-refractivity contribution in [1.29, 1.82) is 0 Å². The minimum atomic E-state index is -4.37. The number of hydrogen-bond donors (Lipinski definition) is 0. The fourth-order valence-corrected chi connectivity index (χ4v) is 4.28. The van der Waals surface area contributed by atoms with Crippen molar-refractivity contribution in [1.82, 2.24) is 4.90 Å². The fraction of sp³-hybridized carbons (Fsp3) is 0.600. The molecule has 28 heavy (non-hydrogen) atoms. The molecule has 1 amide bonds. The molecule has 1 saturated heterocycles. The standard InChI is InChI=1S/C20H24F3NO4/c1-27-19(26)17-10-15-4-2-3-5-16(15)24(17)18(25)14-8-6-13(7-9-14)11-28-12-20(21,22)23/h6-9,15-17H,2-5,10-12H2,1H3. The van der Waals surface area contributed by atoms with Crippen molar-refractivity contribution >= 4 is 11.9 Å². The van der Waals surface area contributed by atoms with Gasteiger partial charge < -0.3 is 14.4 Å². The van der Waals surface area contributed by atoms with Gasteiger partial charge >= 0.3 is 12.1 Å². The van der Waals surface area contributed by atoms with Crippen LogP contribution in [0.25, 0.3) is 0 Å². The minimum Gasteiger partial charge on any atom is -0.467 e. The Labute approximate surface area is 161 Å². The summed E-state index contributed by atoms with van der Waals surface area (Å²) in [7, 11) is 1.32. The first-order valence-electron chi connectivity index (χ1n) is 9.44. The molecule has 1 heterocycles. The van der Waals surface area contributed by atoms with Gasteiger partial charge in [-0.1, -0.05) is 25.0 Å². The van der Waals surface area contributed by atoms with Gasteiger partial charge in [0.1, 0.15) is 12.6 Å². The molecule has 1 aliphatic carbocycles. The summed E-state index contributed by atoms with van der Waals surface area (Å²) in [6.45, 7) is -1.50. The van der Waals surface area contributed by atoms with E-state index in [1.807, 2.05) is 0 Å². The highest BCUT2D eigenvalue weighted by Crippen LogP contribution is 2.40. The van der Waals surface area contributed by atoms with Gasteiger partial charge in [-0.3, -0.25) is 4.79 Å². The Bertz CT molecular complexity index is 704. The number of likely N-dealkylation sites (tertiary alicyclic amines) is 1. The third-order valence-electron chi connectivity index (χ3n) is 5.53. The number of benzene rings is 1. The molecule has 8 heteroatoms. The zero-order valence-corrected chi connectivity index (χ0v) is 15.7. The van der Waals surface area contributed by atoms with E-state index in [1.165, 1.54) is 7.11 Å². The molecular formula is C20H24F3NO4. The van der Waals surface area contributed by atoms with Crippen LogP contribution in [-0.2, 0) is 20.9 Å². The Balaban J connectivity index is 1.71. The third kappa shape index (κ3) is 4.66. The second-order valence-electron chi connectivity index (χ2n) is 7.40. The lowest BCUT2D eigenvalue weighted by Crippen LogP contribution is -2.46. The van der Waals surface area contributed by atoms with Gasteiger partial charge in [0.05, 0.1) is 13.7 Å². The van der Waals surface area contributed by atoms with Gasteiger partial charge in [0, 0.05) is 11.6 Å². The fourth-order valence-electron chi connectivity index (χ4n) is 4.28. The quantitative estimate of drug-likeness (QED) is 0.709. The van der Waals surface area contributed by atoms with E-state index >= 15 is 0 Å². The number of nitrogens with zero attached hydrogens (tertiary/aromatic N) is 1. The van der Waals surface area contributed by atoms with Crippen molar-refractivity contribution in [3.05, 3.63) is 35.4 Å². The summed E-state index contributed by atoms with van der Waals surface area (Å²) < 4.78 is 46.0. The van der Waals surface area contributed by atoms with Gasteiger partial charge in [0.15, 0.2) is 0 Å². The third-order valence-corrected chi connectivity index (χ3v) is 5.53. The maximum atomic E-state index is 13.1. The number of hydrogen-bond acceptors (Lipinski definition) is 4. The molecule has 0 spiro atoms. The maximum Gasteiger partial charge on any atom is 0.411 e. The molecule has 1 aromatic carbocycles. The summed E-state index contributed by atoms with van der Waals surface area (Å²) in [5.74, 6) is -0.343. The summed E-state index contributed by atoms with van der Waals surface area (Å²) in [5, 5.41) is 0. The second kappa shape index (κ2) is 8.51. The van der Waals surface area contributed by atoms with E-state index in [0.29, 0.717) is 23.5 Å². The zero-order valence-electron chi connectivity index (χ0n) is 15.7. The number of rotatable bonds is 5. The lowest BCUT2D eigenvalue weighted by Gasteiger charge is -2.33. The number of alkyl halides is 3. The van der Waals surface area contributed by atoms with Crippen molar-refractivity contribution in [2.45, 2.75) is 57.0 Å². The number of methoxy groups -OCH3 is 1. The molecule has 1 aromatic rings. The highest BCUT2D eigenvalue weighted by atomic mass is 19.4. The minimum absolute atomic E-state index is 0.0279. The number of carbonyl (C=O) groups excluding carboxylic acids is 2. The van der Waals surface area contributed by atoms with Gasteiger partial charge in [-0.05, 0) is 42.9 Å².